The lowest BCUT2D eigenvalue weighted by molar-refractivity contribution is 0.0710. The van der Waals surface area contributed by atoms with Crippen LogP contribution >= 0.6 is 0 Å². The van der Waals surface area contributed by atoms with Crippen LogP contribution in [-0.2, 0) is 0 Å². The van der Waals surface area contributed by atoms with Crippen LogP contribution in [0.5, 0.6) is 11.5 Å². The number of hydrogen-bond acceptors (Lipinski definition) is 6. The molecule has 114 valence electrons. The number of benzene rings is 1. The molecule has 1 aromatic carbocycles. The molecule has 0 unspecified atom stereocenters. The Hall–Kier alpha value is -2.64. The van der Waals surface area contributed by atoms with Crippen molar-refractivity contribution < 1.29 is 14.3 Å². The van der Waals surface area contributed by atoms with Gasteiger partial charge in [-0.05, 0) is 31.0 Å². The van der Waals surface area contributed by atoms with Crippen molar-refractivity contribution in [3.8, 4) is 11.5 Å². The maximum atomic E-state index is 12.6. The predicted octanol–water partition coefficient (Wildman–Crippen LogP) is 0.948. The van der Waals surface area contributed by atoms with Gasteiger partial charge in [0.05, 0.1) is 0 Å². The van der Waals surface area contributed by atoms with Crippen molar-refractivity contribution >= 4 is 5.91 Å². The van der Waals surface area contributed by atoms with E-state index in [9.17, 15) is 4.79 Å². The molecule has 1 fully saturated rings. The summed E-state index contributed by atoms with van der Waals surface area (Å²) < 4.78 is 10.6. The van der Waals surface area contributed by atoms with Crippen molar-refractivity contribution in [1.82, 2.24) is 25.5 Å². The lowest BCUT2D eigenvalue weighted by Crippen LogP contribution is -2.38. The molecule has 8 nitrogen and oxygen atoms in total. The quantitative estimate of drug-likeness (QED) is 0.887. The highest BCUT2D eigenvalue weighted by Crippen LogP contribution is 2.33. The van der Waals surface area contributed by atoms with Crippen molar-refractivity contribution in [2.45, 2.75) is 18.8 Å². The van der Waals surface area contributed by atoms with Gasteiger partial charge >= 0.3 is 0 Å². The van der Waals surface area contributed by atoms with Crippen molar-refractivity contribution in [2.75, 3.05) is 19.9 Å². The first kappa shape index (κ1) is 13.1. The van der Waals surface area contributed by atoms with E-state index in [1.165, 1.54) is 0 Å². The van der Waals surface area contributed by atoms with E-state index in [1.54, 1.807) is 18.2 Å². The zero-order chi connectivity index (χ0) is 14.9. The Morgan fingerprint density at radius 1 is 1.23 bits per heavy atom. The fourth-order valence-corrected chi connectivity index (χ4v) is 2.90. The van der Waals surface area contributed by atoms with Crippen molar-refractivity contribution in [1.29, 1.82) is 0 Å². The van der Waals surface area contributed by atoms with Crippen LogP contribution in [0.3, 0.4) is 0 Å². The third-order valence-corrected chi connectivity index (χ3v) is 4.13. The van der Waals surface area contributed by atoms with Crippen LogP contribution in [0.1, 0.15) is 34.9 Å². The highest BCUT2D eigenvalue weighted by molar-refractivity contribution is 5.95. The number of fused-ring (bicyclic) bond motifs is 1. The van der Waals surface area contributed by atoms with Gasteiger partial charge in [0, 0.05) is 24.6 Å². The van der Waals surface area contributed by atoms with Crippen molar-refractivity contribution in [2.24, 2.45) is 0 Å². The summed E-state index contributed by atoms with van der Waals surface area (Å²) in [7, 11) is 0. The number of piperidine rings is 1. The largest absolute Gasteiger partial charge is 0.454 e. The Morgan fingerprint density at radius 2 is 2.05 bits per heavy atom. The van der Waals surface area contributed by atoms with Gasteiger partial charge in [0.1, 0.15) is 0 Å². The lowest BCUT2D eigenvalue weighted by atomic mass is 9.95. The molecule has 8 heteroatoms. The number of tetrazole rings is 1. The summed E-state index contributed by atoms with van der Waals surface area (Å²) in [6, 6.07) is 5.30. The molecule has 3 heterocycles. The van der Waals surface area contributed by atoms with Crippen LogP contribution < -0.4 is 9.47 Å². The number of aromatic nitrogens is 4. The molecule has 4 rings (SSSR count). The number of amides is 1. The molecule has 2 aliphatic heterocycles. The van der Waals surface area contributed by atoms with Crippen molar-refractivity contribution in [3.05, 3.63) is 29.6 Å². The lowest BCUT2D eigenvalue weighted by Gasteiger charge is -2.30. The molecule has 0 saturated carbocycles. The molecule has 0 radical (unpaired) electrons. The van der Waals surface area contributed by atoms with E-state index in [2.05, 4.69) is 20.6 Å². The number of hydrogen-bond donors (Lipinski definition) is 1. The van der Waals surface area contributed by atoms with E-state index >= 15 is 0 Å². The average Bonchev–Trinajstić information content (AvgIpc) is 3.25. The van der Waals surface area contributed by atoms with Crippen molar-refractivity contribution in [3.63, 3.8) is 0 Å². The molecule has 1 N–H and O–H groups in total. The molecule has 0 spiro atoms. The Bertz CT molecular complexity index is 680. The van der Waals surface area contributed by atoms with E-state index in [0.717, 1.165) is 18.7 Å². The predicted molar refractivity (Wildman–Crippen MR) is 74.6 cm³/mol. The van der Waals surface area contributed by atoms with Gasteiger partial charge in [-0.15, -0.1) is 10.2 Å². The Morgan fingerprint density at radius 3 is 2.82 bits per heavy atom. The minimum absolute atomic E-state index is 0.0184. The van der Waals surface area contributed by atoms with Gasteiger partial charge in [-0.3, -0.25) is 4.79 Å². The van der Waals surface area contributed by atoms with E-state index in [1.807, 2.05) is 4.90 Å². The Kier molecular flexibility index (Phi) is 3.14. The molecular formula is C14H15N5O3. The van der Waals surface area contributed by atoms with Crippen LogP contribution in [-0.4, -0.2) is 51.3 Å². The summed E-state index contributed by atoms with van der Waals surface area (Å²) in [4.78, 5) is 14.4. The topological polar surface area (TPSA) is 93.2 Å². The highest BCUT2D eigenvalue weighted by Gasteiger charge is 2.27. The van der Waals surface area contributed by atoms with Gasteiger partial charge in [0.2, 0.25) is 6.79 Å². The van der Waals surface area contributed by atoms with Gasteiger partial charge in [-0.2, -0.15) is 5.21 Å². The van der Waals surface area contributed by atoms with Crippen LogP contribution in [0, 0.1) is 0 Å². The normalized spacial score (nSPS) is 17.7. The number of ether oxygens (including phenoxy) is 2. The van der Waals surface area contributed by atoms with E-state index in [-0.39, 0.29) is 18.6 Å². The second-order valence-electron chi connectivity index (χ2n) is 5.40. The molecule has 22 heavy (non-hydrogen) atoms. The van der Waals surface area contributed by atoms with E-state index < -0.39 is 0 Å². The number of nitrogens with one attached hydrogen (secondary N) is 1. The van der Waals surface area contributed by atoms with E-state index in [0.29, 0.717) is 30.2 Å². The zero-order valence-corrected chi connectivity index (χ0v) is 11.9. The number of nitrogens with zero attached hydrogens (tertiary/aromatic N) is 4. The molecule has 1 amide bonds. The van der Waals surface area contributed by atoms with Gasteiger partial charge in [-0.25, -0.2) is 0 Å². The number of aromatic amines is 1. The average molecular weight is 301 g/mol. The third kappa shape index (κ3) is 2.26. The second-order valence-corrected chi connectivity index (χ2v) is 5.40. The Labute approximate surface area is 126 Å². The standard InChI is InChI=1S/C14H15N5O3/c20-14(10-1-2-11-12(7-10)22-8-21-11)19-5-3-9(4-6-19)13-15-17-18-16-13/h1-2,7,9H,3-6,8H2,(H,15,16,17,18). The molecule has 1 saturated heterocycles. The summed E-state index contributed by atoms with van der Waals surface area (Å²) in [6.45, 7) is 1.59. The minimum Gasteiger partial charge on any atom is -0.454 e. The first-order valence-electron chi connectivity index (χ1n) is 7.23. The summed E-state index contributed by atoms with van der Waals surface area (Å²) in [5, 5.41) is 14.1. The van der Waals surface area contributed by atoms with Gasteiger partial charge in [0.15, 0.2) is 17.3 Å². The summed E-state index contributed by atoms with van der Waals surface area (Å²) in [6.07, 6.45) is 1.69. The third-order valence-electron chi connectivity index (χ3n) is 4.13. The maximum Gasteiger partial charge on any atom is 0.253 e. The van der Waals surface area contributed by atoms with Crippen LogP contribution in [0.2, 0.25) is 0 Å². The fourth-order valence-electron chi connectivity index (χ4n) is 2.90. The minimum atomic E-state index is 0.0184. The number of H-pyrrole nitrogens is 1. The number of likely N-dealkylation sites (tertiary alicyclic amines) is 1. The highest BCUT2D eigenvalue weighted by atomic mass is 16.7. The monoisotopic (exact) mass is 301 g/mol. The fraction of sp³-hybridized carbons (Fsp3) is 0.429. The maximum absolute atomic E-state index is 12.6. The molecule has 1 aromatic heterocycles. The first-order valence-corrected chi connectivity index (χ1v) is 7.23. The summed E-state index contributed by atoms with van der Waals surface area (Å²) in [5.41, 5.74) is 0.627. The number of carbonyl (C=O) groups excluding carboxylic acids is 1. The first-order chi connectivity index (χ1) is 10.8. The Balaban J connectivity index is 1.44. The summed E-state index contributed by atoms with van der Waals surface area (Å²) in [5.74, 6) is 2.33. The SMILES string of the molecule is O=C(c1ccc2c(c1)OCO2)N1CCC(c2nn[nH]n2)CC1. The smallest absolute Gasteiger partial charge is 0.253 e. The van der Waals surface area contributed by atoms with Crippen LogP contribution in [0.25, 0.3) is 0 Å². The van der Waals surface area contributed by atoms with Crippen LogP contribution in [0.15, 0.2) is 18.2 Å². The van der Waals surface area contributed by atoms with Gasteiger partial charge in [-0.1, -0.05) is 5.21 Å². The van der Waals surface area contributed by atoms with Gasteiger partial charge < -0.3 is 14.4 Å². The number of rotatable bonds is 2. The zero-order valence-electron chi connectivity index (χ0n) is 11.9. The van der Waals surface area contributed by atoms with Crippen LogP contribution in [0.4, 0.5) is 0 Å². The summed E-state index contributed by atoms with van der Waals surface area (Å²) >= 11 is 0. The molecule has 0 atom stereocenters. The molecule has 2 aliphatic rings. The molecular weight excluding hydrogens is 286 g/mol. The van der Waals surface area contributed by atoms with E-state index in [4.69, 9.17) is 9.47 Å². The molecule has 0 bridgehead atoms. The number of carbonyl (C=O) groups is 1. The molecule has 2 aromatic rings. The molecule has 0 aliphatic carbocycles. The second kappa shape index (κ2) is 5.28. The van der Waals surface area contributed by atoms with Gasteiger partial charge in [0.25, 0.3) is 5.91 Å².